The summed E-state index contributed by atoms with van der Waals surface area (Å²) >= 11 is 3.27. The number of hydrogen-bond donors (Lipinski definition) is 2. The van der Waals surface area contributed by atoms with Gasteiger partial charge in [0.05, 0.1) is 7.11 Å². The standard InChI is InChI=1S/C15H17BrN2O4/c1-21-5-3-4-18-15(20)11(9-17)6-10-7-14(22-2)13(19)8-12(10)16/h6-8,19H,3-5H2,1-2H3,(H,18,20). The highest BCUT2D eigenvalue weighted by molar-refractivity contribution is 9.10. The third-order valence-electron chi connectivity index (χ3n) is 2.77. The highest BCUT2D eigenvalue weighted by Gasteiger charge is 2.12. The number of aromatic hydroxyl groups is 1. The summed E-state index contributed by atoms with van der Waals surface area (Å²) < 4.78 is 10.4. The molecule has 1 aromatic carbocycles. The van der Waals surface area contributed by atoms with Gasteiger partial charge in [-0.3, -0.25) is 4.79 Å². The van der Waals surface area contributed by atoms with Crippen LogP contribution in [0, 0.1) is 11.3 Å². The Bertz CT molecular complexity index is 608. The van der Waals surface area contributed by atoms with Crippen LogP contribution >= 0.6 is 15.9 Å². The van der Waals surface area contributed by atoms with Gasteiger partial charge in [-0.25, -0.2) is 0 Å². The van der Waals surface area contributed by atoms with E-state index in [4.69, 9.17) is 14.7 Å². The molecule has 0 aliphatic carbocycles. The molecule has 0 radical (unpaired) electrons. The van der Waals surface area contributed by atoms with Gasteiger partial charge in [-0.15, -0.1) is 0 Å². The molecule has 7 heteroatoms. The first-order valence-corrected chi connectivity index (χ1v) is 7.28. The molecule has 1 amide bonds. The number of amides is 1. The highest BCUT2D eigenvalue weighted by Crippen LogP contribution is 2.33. The van der Waals surface area contributed by atoms with Gasteiger partial charge < -0.3 is 19.9 Å². The van der Waals surface area contributed by atoms with E-state index in [0.717, 1.165) is 0 Å². The van der Waals surface area contributed by atoms with E-state index in [1.165, 1.54) is 25.3 Å². The number of phenolic OH excluding ortho intramolecular Hbond substituents is 1. The summed E-state index contributed by atoms with van der Waals surface area (Å²) in [5.41, 5.74) is 0.518. The maximum atomic E-state index is 11.9. The van der Waals surface area contributed by atoms with Gasteiger partial charge in [-0.1, -0.05) is 15.9 Å². The zero-order chi connectivity index (χ0) is 16.5. The zero-order valence-corrected chi connectivity index (χ0v) is 13.9. The highest BCUT2D eigenvalue weighted by atomic mass is 79.9. The average molecular weight is 369 g/mol. The minimum atomic E-state index is -0.461. The van der Waals surface area contributed by atoms with E-state index < -0.39 is 5.91 Å². The first kappa shape index (κ1) is 18.0. The van der Waals surface area contributed by atoms with Crippen molar-refractivity contribution in [1.82, 2.24) is 5.32 Å². The second kappa shape index (κ2) is 9.07. The van der Waals surface area contributed by atoms with E-state index >= 15 is 0 Å². The summed E-state index contributed by atoms with van der Waals surface area (Å²) in [6.45, 7) is 0.957. The minimum absolute atomic E-state index is 0.0333. The second-order valence-corrected chi connectivity index (χ2v) is 5.17. The number of nitrogens with one attached hydrogen (secondary N) is 1. The smallest absolute Gasteiger partial charge is 0.261 e. The van der Waals surface area contributed by atoms with Gasteiger partial charge in [0.2, 0.25) is 0 Å². The fourth-order valence-electron chi connectivity index (χ4n) is 1.65. The minimum Gasteiger partial charge on any atom is -0.504 e. The molecule has 0 aliphatic rings. The van der Waals surface area contributed by atoms with Crippen molar-refractivity contribution >= 4 is 27.9 Å². The molecular formula is C15H17BrN2O4. The van der Waals surface area contributed by atoms with E-state index in [9.17, 15) is 9.90 Å². The summed E-state index contributed by atoms with van der Waals surface area (Å²) in [5, 5.41) is 21.4. The number of nitrogens with zero attached hydrogens (tertiary/aromatic N) is 1. The Morgan fingerprint density at radius 2 is 2.23 bits per heavy atom. The lowest BCUT2D eigenvalue weighted by atomic mass is 10.1. The predicted molar refractivity (Wildman–Crippen MR) is 85.5 cm³/mol. The number of ether oxygens (including phenoxy) is 2. The Hall–Kier alpha value is -2.04. The number of nitriles is 1. The van der Waals surface area contributed by atoms with Gasteiger partial charge in [-0.05, 0) is 30.2 Å². The summed E-state index contributed by atoms with van der Waals surface area (Å²) in [6.07, 6.45) is 2.09. The largest absolute Gasteiger partial charge is 0.504 e. The Morgan fingerprint density at radius 1 is 1.50 bits per heavy atom. The van der Waals surface area contributed by atoms with Crippen molar-refractivity contribution in [2.24, 2.45) is 0 Å². The molecule has 118 valence electrons. The SMILES string of the molecule is COCCCNC(=O)C(C#N)=Cc1cc(OC)c(O)cc1Br. The topological polar surface area (TPSA) is 91.6 Å². The van der Waals surface area contributed by atoms with E-state index in [0.29, 0.717) is 29.6 Å². The first-order valence-electron chi connectivity index (χ1n) is 6.49. The third kappa shape index (κ3) is 5.06. The lowest BCUT2D eigenvalue weighted by molar-refractivity contribution is -0.117. The number of halogens is 1. The van der Waals surface area contributed by atoms with Crippen molar-refractivity contribution in [3.05, 3.63) is 27.7 Å². The molecule has 0 atom stereocenters. The molecule has 0 spiro atoms. The van der Waals surface area contributed by atoms with Gasteiger partial charge in [0.1, 0.15) is 11.6 Å². The van der Waals surface area contributed by atoms with Gasteiger partial charge in [0.25, 0.3) is 5.91 Å². The van der Waals surface area contributed by atoms with Crippen molar-refractivity contribution in [3.8, 4) is 17.6 Å². The number of carbonyl (C=O) groups is 1. The molecule has 0 saturated heterocycles. The number of benzene rings is 1. The Kier molecular flexibility index (Phi) is 7.43. The normalized spacial score (nSPS) is 10.9. The number of methoxy groups -OCH3 is 2. The molecule has 0 heterocycles. The molecule has 1 rings (SSSR count). The fraction of sp³-hybridized carbons (Fsp3) is 0.333. The van der Waals surface area contributed by atoms with Crippen molar-refractivity contribution in [2.45, 2.75) is 6.42 Å². The van der Waals surface area contributed by atoms with Crippen LogP contribution in [0.3, 0.4) is 0 Å². The monoisotopic (exact) mass is 368 g/mol. The lowest BCUT2D eigenvalue weighted by Gasteiger charge is -2.07. The van der Waals surface area contributed by atoms with Crippen LogP contribution in [0.25, 0.3) is 6.08 Å². The third-order valence-corrected chi connectivity index (χ3v) is 3.46. The molecule has 22 heavy (non-hydrogen) atoms. The Morgan fingerprint density at radius 3 is 2.82 bits per heavy atom. The van der Waals surface area contributed by atoms with Crippen molar-refractivity contribution in [2.75, 3.05) is 27.4 Å². The number of hydrogen-bond acceptors (Lipinski definition) is 5. The number of phenols is 1. The number of rotatable bonds is 7. The maximum absolute atomic E-state index is 11.9. The summed E-state index contributed by atoms with van der Waals surface area (Å²) in [7, 11) is 3.00. The molecule has 0 aromatic heterocycles. The maximum Gasteiger partial charge on any atom is 0.261 e. The van der Waals surface area contributed by atoms with Gasteiger partial charge in [0.15, 0.2) is 11.5 Å². The zero-order valence-electron chi connectivity index (χ0n) is 12.4. The van der Waals surface area contributed by atoms with Crippen LogP contribution in [-0.2, 0) is 9.53 Å². The molecule has 2 N–H and O–H groups in total. The Labute approximate surface area is 137 Å². The van der Waals surface area contributed by atoms with E-state index in [2.05, 4.69) is 21.2 Å². The lowest BCUT2D eigenvalue weighted by Crippen LogP contribution is -2.26. The molecule has 0 bridgehead atoms. The second-order valence-electron chi connectivity index (χ2n) is 4.32. The van der Waals surface area contributed by atoms with Gasteiger partial charge in [-0.2, -0.15) is 5.26 Å². The average Bonchev–Trinajstić information content (AvgIpc) is 2.50. The van der Waals surface area contributed by atoms with E-state index in [1.807, 2.05) is 6.07 Å². The molecule has 0 saturated carbocycles. The van der Waals surface area contributed by atoms with Gasteiger partial charge in [0, 0.05) is 24.7 Å². The van der Waals surface area contributed by atoms with Crippen LogP contribution in [-0.4, -0.2) is 38.4 Å². The van der Waals surface area contributed by atoms with Crippen LogP contribution in [0.1, 0.15) is 12.0 Å². The first-order chi connectivity index (χ1) is 10.5. The predicted octanol–water partition coefficient (Wildman–Crippen LogP) is 2.22. The summed E-state index contributed by atoms with van der Waals surface area (Å²) in [4.78, 5) is 11.9. The van der Waals surface area contributed by atoms with Crippen LogP contribution in [0.4, 0.5) is 0 Å². The van der Waals surface area contributed by atoms with Crippen molar-refractivity contribution in [3.63, 3.8) is 0 Å². The van der Waals surface area contributed by atoms with E-state index in [1.54, 1.807) is 7.11 Å². The molecule has 6 nitrogen and oxygen atoms in total. The molecule has 0 aliphatic heterocycles. The van der Waals surface area contributed by atoms with Crippen molar-refractivity contribution in [1.29, 1.82) is 5.26 Å². The Balaban J connectivity index is 2.93. The fourth-order valence-corrected chi connectivity index (χ4v) is 2.10. The van der Waals surface area contributed by atoms with Gasteiger partial charge >= 0.3 is 0 Å². The quantitative estimate of drug-likeness (QED) is 0.437. The summed E-state index contributed by atoms with van der Waals surface area (Å²) in [6, 6.07) is 4.84. The van der Waals surface area contributed by atoms with E-state index in [-0.39, 0.29) is 17.1 Å². The molecule has 1 aromatic rings. The van der Waals surface area contributed by atoms with Crippen molar-refractivity contribution < 1.29 is 19.4 Å². The van der Waals surface area contributed by atoms with Crippen LogP contribution in [0.2, 0.25) is 0 Å². The van der Waals surface area contributed by atoms with Crippen LogP contribution < -0.4 is 10.1 Å². The van der Waals surface area contributed by atoms with Crippen LogP contribution in [0.15, 0.2) is 22.2 Å². The molecular weight excluding hydrogens is 352 g/mol. The molecule has 0 fully saturated rings. The van der Waals surface area contributed by atoms with Crippen LogP contribution in [0.5, 0.6) is 11.5 Å². The number of carbonyl (C=O) groups excluding carboxylic acids is 1. The molecule has 0 unspecified atom stereocenters. The summed E-state index contributed by atoms with van der Waals surface area (Å²) in [5.74, 6) is -0.237.